The summed E-state index contributed by atoms with van der Waals surface area (Å²) in [6.07, 6.45) is 49.3. The van der Waals surface area contributed by atoms with E-state index in [1.54, 1.807) is 0 Å². The van der Waals surface area contributed by atoms with E-state index in [4.69, 9.17) is 4.74 Å². The van der Waals surface area contributed by atoms with Crippen molar-refractivity contribution in [3.05, 3.63) is 36.5 Å². The summed E-state index contributed by atoms with van der Waals surface area (Å²) in [5.41, 5.74) is 0. The lowest BCUT2D eigenvalue weighted by Crippen LogP contribution is -2.46. The molecular weight excluding hydrogens is 683 g/mol. The Balaban J connectivity index is 4.51. The SMILES string of the molecule is CCC/C=C\CCCCCC(CC(=O)NC(CO)C(O)CCCCCCCCCCCCCC)OC(=O)CCCCC/C=C/C=C/CCCCCCCCC. The molecule has 0 aromatic rings. The topological polar surface area (TPSA) is 95.9 Å². The number of carbonyl (C=O) groups excluding carboxylic acids is 2. The molecular formula is C49H91NO5. The summed E-state index contributed by atoms with van der Waals surface area (Å²) >= 11 is 0. The molecule has 0 saturated carbocycles. The van der Waals surface area contributed by atoms with Crippen LogP contribution in [0.2, 0.25) is 0 Å². The molecule has 6 nitrogen and oxygen atoms in total. The van der Waals surface area contributed by atoms with Gasteiger partial charge in [0.15, 0.2) is 0 Å². The smallest absolute Gasteiger partial charge is 0.306 e. The molecule has 322 valence electrons. The predicted molar refractivity (Wildman–Crippen MR) is 236 cm³/mol. The fraction of sp³-hybridized carbons (Fsp3) is 0.837. The van der Waals surface area contributed by atoms with E-state index < -0.39 is 18.2 Å². The molecule has 55 heavy (non-hydrogen) atoms. The van der Waals surface area contributed by atoms with Gasteiger partial charge in [-0.15, -0.1) is 0 Å². The number of aliphatic hydroxyl groups excluding tert-OH is 2. The Kier molecular flexibility index (Phi) is 41.7. The highest BCUT2D eigenvalue weighted by atomic mass is 16.5. The van der Waals surface area contributed by atoms with Crippen molar-refractivity contribution in [2.45, 2.75) is 257 Å². The van der Waals surface area contributed by atoms with Gasteiger partial charge < -0.3 is 20.3 Å². The average molecular weight is 774 g/mol. The molecule has 0 fully saturated rings. The molecule has 0 heterocycles. The molecule has 3 atom stereocenters. The number of carbonyl (C=O) groups is 2. The Morgan fingerprint density at radius 1 is 0.527 bits per heavy atom. The van der Waals surface area contributed by atoms with E-state index in [1.807, 2.05) is 0 Å². The first-order chi connectivity index (χ1) is 27.0. The van der Waals surface area contributed by atoms with Gasteiger partial charge in [-0.05, 0) is 70.6 Å². The van der Waals surface area contributed by atoms with Gasteiger partial charge in [0.1, 0.15) is 6.10 Å². The van der Waals surface area contributed by atoms with Gasteiger partial charge in [0.25, 0.3) is 0 Å². The minimum Gasteiger partial charge on any atom is -0.462 e. The molecule has 0 aliphatic carbocycles. The second kappa shape index (κ2) is 43.2. The van der Waals surface area contributed by atoms with Crippen LogP contribution in [-0.4, -0.2) is 46.9 Å². The van der Waals surface area contributed by atoms with E-state index in [1.165, 1.54) is 103 Å². The van der Waals surface area contributed by atoms with Crippen LogP contribution in [-0.2, 0) is 14.3 Å². The Labute approximate surface area is 341 Å². The zero-order valence-corrected chi connectivity index (χ0v) is 36.6. The molecule has 6 heteroatoms. The largest absolute Gasteiger partial charge is 0.462 e. The molecule has 3 unspecified atom stereocenters. The quantitative estimate of drug-likeness (QED) is 0.0248. The summed E-state index contributed by atoms with van der Waals surface area (Å²) in [7, 11) is 0. The van der Waals surface area contributed by atoms with E-state index in [0.717, 1.165) is 89.9 Å². The number of aliphatic hydroxyl groups is 2. The van der Waals surface area contributed by atoms with Crippen LogP contribution in [0.1, 0.15) is 239 Å². The summed E-state index contributed by atoms with van der Waals surface area (Å²) in [4.78, 5) is 25.9. The second-order valence-corrected chi connectivity index (χ2v) is 16.2. The Hall–Kier alpha value is -1.92. The minimum absolute atomic E-state index is 0.0568. The van der Waals surface area contributed by atoms with Crippen LogP contribution >= 0.6 is 0 Å². The van der Waals surface area contributed by atoms with Crippen molar-refractivity contribution < 1.29 is 24.5 Å². The molecule has 0 aromatic carbocycles. The van der Waals surface area contributed by atoms with Gasteiger partial charge in [-0.1, -0.05) is 192 Å². The summed E-state index contributed by atoms with van der Waals surface area (Å²) < 4.78 is 5.87. The molecule has 1 amide bonds. The number of hydrogen-bond acceptors (Lipinski definition) is 5. The third kappa shape index (κ3) is 38.7. The number of hydrogen-bond donors (Lipinski definition) is 3. The Morgan fingerprint density at radius 2 is 0.964 bits per heavy atom. The first kappa shape index (κ1) is 53.1. The summed E-state index contributed by atoms with van der Waals surface area (Å²) in [6.45, 7) is 6.39. The van der Waals surface area contributed by atoms with Crippen molar-refractivity contribution in [1.29, 1.82) is 0 Å². The van der Waals surface area contributed by atoms with Crippen LogP contribution in [0.3, 0.4) is 0 Å². The Morgan fingerprint density at radius 3 is 1.49 bits per heavy atom. The molecule has 0 aliphatic heterocycles. The number of nitrogens with one attached hydrogen (secondary N) is 1. The van der Waals surface area contributed by atoms with Gasteiger partial charge in [-0.25, -0.2) is 0 Å². The molecule has 0 rings (SSSR count). The molecule has 0 aromatic heterocycles. The van der Waals surface area contributed by atoms with Crippen molar-refractivity contribution >= 4 is 11.9 Å². The molecule has 0 saturated heterocycles. The van der Waals surface area contributed by atoms with E-state index in [0.29, 0.717) is 19.3 Å². The van der Waals surface area contributed by atoms with Crippen LogP contribution in [0.5, 0.6) is 0 Å². The van der Waals surface area contributed by atoms with Crippen LogP contribution in [0, 0.1) is 0 Å². The van der Waals surface area contributed by atoms with Gasteiger partial charge >= 0.3 is 5.97 Å². The van der Waals surface area contributed by atoms with E-state index in [2.05, 4.69) is 62.5 Å². The second-order valence-electron chi connectivity index (χ2n) is 16.2. The lowest BCUT2D eigenvalue weighted by molar-refractivity contribution is -0.151. The summed E-state index contributed by atoms with van der Waals surface area (Å²) in [5, 5.41) is 23.6. The van der Waals surface area contributed by atoms with E-state index >= 15 is 0 Å². The number of allylic oxidation sites excluding steroid dienone is 6. The zero-order chi connectivity index (χ0) is 40.3. The van der Waals surface area contributed by atoms with Crippen LogP contribution in [0.15, 0.2) is 36.5 Å². The number of unbranched alkanes of at least 4 members (excludes halogenated alkanes) is 25. The molecule has 0 spiro atoms. The monoisotopic (exact) mass is 774 g/mol. The van der Waals surface area contributed by atoms with Crippen molar-refractivity contribution in [2.75, 3.05) is 6.61 Å². The van der Waals surface area contributed by atoms with Gasteiger partial charge in [0, 0.05) is 6.42 Å². The van der Waals surface area contributed by atoms with Crippen LogP contribution in [0.4, 0.5) is 0 Å². The van der Waals surface area contributed by atoms with Gasteiger partial charge in [0.05, 0.1) is 25.2 Å². The van der Waals surface area contributed by atoms with E-state index in [-0.39, 0.29) is 24.9 Å². The molecule has 0 bridgehead atoms. The number of esters is 1. The van der Waals surface area contributed by atoms with Gasteiger partial charge in [-0.3, -0.25) is 9.59 Å². The highest BCUT2D eigenvalue weighted by molar-refractivity contribution is 5.77. The average Bonchev–Trinajstić information content (AvgIpc) is 3.18. The number of rotatable bonds is 42. The Bertz CT molecular complexity index is 915. The third-order valence-corrected chi connectivity index (χ3v) is 10.7. The maximum Gasteiger partial charge on any atom is 0.306 e. The predicted octanol–water partition coefficient (Wildman–Crippen LogP) is 13.7. The highest BCUT2D eigenvalue weighted by Gasteiger charge is 2.24. The third-order valence-electron chi connectivity index (χ3n) is 10.7. The minimum atomic E-state index is -0.792. The standard InChI is InChI=1S/C49H91NO5/c1-4-7-10-13-16-19-21-23-24-25-26-28-30-33-36-39-42-49(54)55-45(40-37-34-31-18-15-12-9-6-3)43-48(53)50-46(44-51)47(52)41-38-35-32-29-27-22-20-17-14-11-8-5-2/h12,15,24-26,28,45-47,51-52H,4-11,13-14,16-23,27,29-44H2,1-3H3,(H,50,53)/b15-12-,25-24+,28-26+. The van der Waals surface area contributed by atoms with Crippen molar-refractivity contribution in [1.82, 2.24) is 5.32 Å². The summed E-state index contributed by atoms with van der Waals surface area (Å²) in [6, 6.07) is -0.707. The van der Waals surface area contributed by atoms with Gasteiger partial charge in [-0.2, -0.15) is 0 Å². The highest BCUT2D eigenvalue weighted by Crippen LogP contribution is 2.17. The zero-order valence-electron chi connectivity index (χ0n) is 36.6. The van der Waals surface area contributed by atoms with E-state index in [9.17, 15) is 19.8 Å². The van der Waals surface area contributed by atoms with Crippen molar-refractivity contribution in [3.63, 3.8) is 0 Å². The summed E-state index contributed by atoms with van der Waals surface area (Å²) in [5.74, 6) is -0.522. The molecule has 0 aliphatic rings. The lowest BCUT2D eigenvalue weighted by atomic mass is 10.0. The molecule has 3 N–H and O–H groups in total. The van der Waals surface area contributed by atoms with Crippen molar-refractivity contribution in [2.24, 2.45) is 0 Å². The first-order valence-corrected chi connectivity index (χ1v) is 23.7. The normalized spacial score (nSPS) is 13.6. The van der Waals surface area contributed by atoms with Crippen LogP contribution < -0.4 is 5.32 Å². The fourth-order valence-electron chi connectivity index (χ4n) is 7.07. The number of amides is 1. The van der Waals surface area contributed by atoms with Crippen molar-refractivity contribution in [3.8, 4) is 0 Å². The molecule has 0 radical (unpaired) electrons. The maximum atomic E-state index is 13.1. The maximum absolute atomic E-state index is 13.1. The fourth-order valence-corrected chi connectivity index (χ4v) is 7.07. The van der Waals surface area contributed by atoms with Crippen LogP contribution in [0.25, 0.3) is 0 Å². The van der Waals surface area contributed by atoms with Gasteiger partial charge in [0.2, 0.25) is 5.91 Å². The lowest BCUT2D eigenvalue weighted by Gasteiger charge is -2.24. The first-order valence-electron chi connectivity index (χ1n) is 23.7. The number of ether oxygens (including phenoxy) is 1.